The molecule has 0 saturated carbocycles. The molecule has 1 aliphatic heterocycles. The molecule has 2 aromatic rings. The van der Waals surface area contributed by atoms with E-state index in [2.05, 4.69) is 9.95 Å². The third kappa shape index (κ3) is 8.30. The van der Waals surface area contributed by atoms with Gasteiger partial charge in [-0.2, -0.15) is 13.2 Å². The molecule has 0 saturated heterocycles. The van der Waals surface area contributed by atoms with Gasteiger partial charge in [-0.05, 0) is 30.3 Å². The fourth-order valence-electron chi connectivity index (χ4n) is 3.11. The van der Waals surface area contributed by atoms with Crippen LogP contribution in [0.3, 0.4) is 0 Å². The number of benzene rings is 2. The molecule has 1 heterocycles. The molecule has 0 fully saturated rings. The number of phosphoric acid groups is 1. The molecule has 0 spiro atoms. The zero-order valence-electron chi connectivity index (χ0n) is 16.9. The number of hydrazine groups is 1. The molecule has 0 unspecified atom stereocenters. The number of rotatable bonds is 7. The Morgan fingerprint density at radius 3 is 2.17 bits per heavy atom. The number of alkyl halides is 3. The van der Waals surface area contributed by atoms with Gasteiger partial charge in [0.2, 0.25) is 0 Å². The van der Waals surface area contributed by atoms with Crippen LogP contribution in [0.15, 0.2) is 48.3 Å². The second kappa shape index (κ2) is 13.3. The van der Waals surface area contributed by atoms with Crippen molar-refractivity contribution in [1.29, 1.82) is 0 Å². The van der Waals surface area contributed by atoms with Gasteiger partial charge in [0.15, 0.2) is 0 Å². The molecule has 0 aromatic heterocycles. The van der Waals surface area contributed by atoms with Crippen LogP contribution in [0.4, 0.5) is 26.3 Å². The van der Waals surface area contributed by atoms with Crippen LogP contribution in [-0.4, -0.2) is 98.0 Å². The predicted molar refractivity (Wildman–Crippen MR) is 118 cm³/mol. The van der Waals surface area contributed by atoms with Gasteiger partial charge in [-0.15, -0.1) is 0 Å². The average Bonchev–Trinajstić information content (AvgIpc) is 3.16. The van der Waals surface area contributed by atoms with Gasteiger partial charge in [-0.25, -0.2) is 22.7 Å². The summed E-state index contributed by atoms with van der Waals surface area (Å²) < 4.78 is 97.5. The number of phosphoric ester groups is 1. The maximum atomic E-state index is 14.2. The minimum absolute atomic E-state index is 0. The first-order valence-corrected chi connectivity index (χ1v) is 10.8. The summed E-state index contributed by atoms with van der Waals surface area (Å²) in [4.78, 5) is 31.2. The third-order valence-electron chi connectivity index (χ3n) is 4.62. The Bertz CT molecular complexity index is 1160. The van der Waals surface area contributed by atoms with Crippen molar-refractivity contribution in [2.75, 3.05) is 13.3 Å². The van der Waals surface area contributed by atoms with E-state index in [0.717, 1.165) is 35.3 Å². The molecule has 0 aliphatic carbocycles. The summed E-state index contributed by atoms with van der Waals surface area (Å²) >= 11 is 0. The van der Waals surface area contributed by atoms with E-state index in [1.165, 1.54) is 6.08 Å². The number of hydrogen-bond donors (Lipinski definition) is 3. The second-order valence-electron chi connectivity index (χ2n) is 6.92. The van der Waals surface area contributed by atoms with Crippen molar-refractivity contribution < 1.29 is 50.0 Å². The van der Waals surface area contributed by atoms with Gasteiger partial charge in [0.1, 0.15) is 35.6 Å². The monoisotopic (exact) mass is 559 g/mol. The first-order valence-electron chi connectivity index (χ1n) is 9.30. The molecule has 1 aliphatic rings. The summed E-state index contributed by atoms with van der Waals surface area (Å²) in [5, 5.41) is 1.04. The SMILES string of the molecule is O=C(c1c(F)cccc1F)N(COP(=O)(O)O)C1=CCN(Cc2c(F)cccc2C(F)(F)F)N1.[NaH].[NaH]. The van der Waals surface area contributed by atoms with Crippen molar-refractivity contribution in [3.8, 4) is 0 Å². The molecule has 2 aromatic carbocycles. The zero-order chi connectivity index (χ0) is 25.3. The van der Waals surface area contributed by atoms with Crippen LogP contribution in [0.5, 0.6) is 0 Å². The summed E-state index contributed by atoms with van der Waals surface area (Å²) in [5.41, 5.74) is -0.539. The van der Waals surface area contributed by atoms with Crippen LogP contribution in [0.2, 0.25) is 0 Å². The van der Waals surface area contributed by atoms with E-state index in [1.807, 2.05) is 0 Å². The molecule has 3 N–H and O–H groups in total. The Morgan fingerprint density at radius 2 is 1.61 bits per heavy atom. The van der Waals surface area contributed by atoms with E-state index in [-0.39, 0.29) is 71.5 Å². The summed E-state index contributed by atoms with van der Waals surface area (Å²) in [6.45, 7) is -2.02. The number of nitrogens with zero attached hydrogens (tertiary/aromatic N) is 2. The molecule has 8 nitrogen and oxygen atoms in total. The molecule has 0 atom stereocenters. The first kappa shape index (κ1) is 33.1. The quantitative estimate of drug-likeness (QED) is 0.207. The summed E-state index contributed by atoms with van der Waals surface area (Å²) in [6, 6.07) is 4.95. The van der Waals surface area contributed by atoms with E-state index in [4.69, 9.17) is 9.79 Å². The Kier molecular flexibility index (Phi) is 12.2. The summed E-state index contributed by atoms with van der Waals surface area (Å²) in [7, 11) is -5.14. The van der Waals surface area contributed by atoms with Crippen LogP contribution in [-0.2, 0) is 21.8 Å². The number of nitrogens with one attached hydrogen (secondary N) is 1. The normalized spacial score (nSPS) is 13.8. The van der Waals surface area contributed by atoms with Gasteiger partial charge in [0.05, 0.1) is 5.56 Å². The average molecular weight is 559 g/mol. The third-order valence-corrected chi connectivity index (χ3v) is 5.07. The molecule has 17 heteroatoms. The molecule has 36 heavy (non-hydrogen) atoms. The molecule has 0 bridgehead atoms. The zero-order valence-corrected chi connectivity index (χ0v) is 17.8. The maximum absolute atomic E-state index is 14.2. The van der Waals surface area contributed by atoms with Gasteiger partial charge in [-0.3, -0.25) is 14.2 Å². The minimum atomic E-state index is -5.14. The number of halogens is 6. The van der Waals surface area contributed by atoms with Gasteiger partial charge in [0, 0.05) is 18.7 Å². The number of carbonyl (C=O) groups is 1. The van der Waals surface area contributed by atoms with Gasteiger partial charge in [0.25, 0.3) is 5.91 Å². The van der Waals surface area contributed by atoms with E-state index < -0.39 is 67.3 Å². The van der Waals surface area contributed by atoms with E-state index in [9.17, 15) is 35.7 Å². The standard InChI is InChI=1S/C19H16F6N3O5P.2Na.2H/c20-13-4-1-3-12(19(23,24)25)11(13)9-27-8-7-16(26-27)28(10-33-34(30,31)32)18(29)17-14(21)5-2-6-15(17)22;;;;/h1-7,26H,8-10H2,(H2,30,31,32);;;;. The van der Waals surface area contributed by atoms with Crippen molar-refractivity contribution in [2.24, 2.45) is 0 Å². The Balaban J connectivity index is 0.00000324. The van der Waals surface area contributed by atoms with Crippen molar-refractivity contribution >= 4 is 72.8 Å². The fourth-order valence-corrected chi connectivity index (χ4v) is 3.37. The second-order valence-corrected chi connectivity index (χ2v) is 8.16. The van der Waals surface area contributed by atoms with Crippen LogP contribution in [0.25, 0.3) is 0 Å². The molecule has 1 amide bonds. The number of amides is 1. The predicted octanol–water partition coefficient (Wildman–Crippen LogP) is 2.20. The van der Waals surface area contributed by atoms with Gasteiger partial charge in [-0.1, -0.05) is 12.1 Å². The van der Waals surface area contributed by atoms with Crippen molar-refractivity contribution in [3.05, 3.63) is 82.4 Å². The fraction of sp³-hybridized carbons (Fsp3) is 0.211. The van der Waals surface area contributed by atoms with Crippen LogP contribution in [0.1, 0.15) is 21.5 Å². The topological polar surface area (TPSA) is 102 Å². The molecule has 3 rings (SSSR count). The van der Waals surface area contributed by atoms with Crippen LogP contribution < -0.4 is 5.43 Å². The molecule has 188 valence electrons. The van der Waals surface area contributed by atoms with E-state index >= 15 is 0 Å². The van der Waals surface area contributed by atoms with Crippen molar-refractivity contribution in [2.45, 2.75) is 12.7 Å². The van der Waals surface area contributed by atoms with Crippen LogP contribution >= 0.6 is 7.82 Å². The Labute approximate surface area is 245 Å². The van der Waals surface area contributed by atoms with Gasteiger partial charge < -0.3 is 15.2 Å². The van der Waals surface area contributed by atoms with Crippen molar-refractivity contribution in [1.82, 2.24) is 15.3 Å². The van der Waals surface area contributed by atoms with Crippen molar-refractivity contribution in [3.63, 3.8) is 0 Å². The summed E-state index contributed by atoms with van der Waals surface area (Å²) in [5.74, 6) is -5.40. The molecular weight excluding hydrogens is 541 g/mol. The first-order chi connectivity index (χ1) is 15.8. The molecular formula is C19H18F6N3Na2O5P. The Hall–Kier alpha value is -0.900. The summed E-state index contributed by atoms with van der Waals surface area (Å²) in [6.07, 6.45) is -3.68. The van der Waals surface area contributed by atoms with Crippen LogP contribution in [0, 0.1) is 17.5 Å². The Morgan fingerprint density at radius 1 is 1.06 bits per heavy atom. The van der Waals surface area contributed by atoms with Gasteiger partial charge >= 0.3 is 73.1 Å². The number of hydrogen-bond acceptors (Lipinski definition) is 5. The van der Waals surface area contributed by atoms with E-state index in [1.54, 1.807) is 0 Å². The van der Waals surface area contributed by atoms with E-state index in [0.29, 0.717) is 11.0 Å². The molecule has 0 radical (unpaired) electrons. The number of carbonyl (C=O) groups excluding carboxylic acids is 1.